The first-order chi connectivity index (χ1) is 9.74. The average Bonchev–Trinajstić information content (AvgIpc) is 2.46. The SMILES string of the molecule is Fc1cccnc1COc1cnc2c(Cl)nccc2n1. The summed E-state index contributed by atoms with van der Waals surface area (Å²) in [7, 11) is 0. The van der Waals surface area contributed by atoms with Crippen molar-refractivity contribution in [3.63, 3.8) is 0 Å². The van der Waals surface area contributed by atoms with Crippen LogP contribution in [0, 0.1) is 5.82 Å². The first-order valence-corrected chi connectivity index (χ1v) is 6.11. The molecule has 0 aliphatic carbocycles. The smallest absolute Gasteiger partial charge is 0.233 e. The lowest BCUT2D eigenvalue weighted by molar-refractivity contribution is 0.282. The molecule has 0 saturated carbocycles. The zero-order valence-corrected chi connectivity index (χ0v) is 10.9. The molecule has 100 valence electrons. The number of pyridine rings is 2. The Morgan fingerprint density at radius 3 is 2.90 bits per heavy atom. The third-order valence-corrected chi connectivity index (χ3v) is 2.86. The molecule has 0 atom stereocenters. The van der Waals surface area contributed by atoms with Gasteiger partial charge in [0, 0.05) is 12.4 Å². The summed E-state index contributed by atoms with van der Waals surface area (Å²) >= 11 is 5.89. The van der Waals surface area contributed by atoms with Crippen molar-refractivity contribution >= 4 is 22.6 Å². The third-order valence-electron chi connectivity index (χ3n) is 2.58. The van der Waals surface area contributed by atoms with Gasteiger partial charge in [-0.05, 0) is 18.2 Å². The van der Waals surface area contributed by atoms with E-state index in [0.29, 0.717) is 11.0 Å². The van der Waals surface area contributed by atoms with Crippen LogP contribution >= 0.6 is 11.6 Å². The van der Waals surface area contributed by atoms with Gasteiger partial charge < -0.3 is 4.74 Å². The molecule has 0 aliphatic rings. The number of aromatic nitrogens is 4. The maximum absolute atomic E-state index is 13.4. The summed E-state index contributed by atoms with van der Waals surface area (Å²) in [5.41, 5.74) is 1.26. The molecule has 3 rings (SSSR count). The van der Waals surface area contributed by atoms with E-state index in [0.717, 1.165) is 0 Å². The fourth-order valence-corrected chi connectivity index (χ4v) is 1.83. The number of ether oxygens (including phenoxy) is 1. The van der Waals surface area contributed by atoms with Crippen molar-refractivity contribution in [2.24, 2.45) is 0 Å². The minimum atomic E-state index is -0.423. The molecule has 0 N–H and O–H groups in total. The van der Waals surface area contributed by atoms with E-state index in [4.69, 9.17) is 16.3 Å². The minimum Gasteiger partial charge on any atom is -0.470 e. The molecule has 0 unspecified atom stereocenters. The second-order valence-corrected chi connectivity index (χ2v) is 4.26. The van der Waals surface area contributed by atoms with E-state index in [2.05, 4.69) is 19.9 Å². The van der Waals surface area contributed by atoms with Crippen molar-refractivity contribution in [2.75, 3.05) is 0 Å². The summed E-state index contributed by atoms with van der Waals surface area (Å²) in [6.45, 7) is -0.0221. The zero-order valence-electron chi connectivity index (χ0n) is 10.1. The van der Waals surface area contributed by atoms with E-state index in [1.54, 1.807) is 6.07 Å². The molecule has 3 heterocycles. The van der Waals surface area contributed by atoms with Crippen LogP contribution in [0.15, 0.2) is 36.8 Å². The first-order valence-electron chi connectivity index (χ1n) is 5.73. The Morgan fingerprint density at radius 2 is 2.05 bits per heavy atom. The van der Waals surface area contributed by atoms with Crippen LogP contribution in [-0.4, -0.2) is 19.9 Å². The Morgan fingerprint density at radius 1 is 1.15 bits per heavy atom. The summed E-state index contributed by atoms with van der Waals surface area (Å²) < 4.78 is 18.8. The van der Waals surface area contributed by atoms with Crippen LogP contribution in [0.5, 0.6) is 5.88 Å². The number of hydrogen-bond acceptors (Lipinski definition) is 5. The predicted octanol–water partition coefficient (Wildman–Crippen LogP) is 2.79. The quantitative estimate of drug-likeness (QED) is 0.694. The molecule has 0 radical (unpaired) electrons. The molecule has 0 bridgehead atoms. The Bertz CT molecular complexity index is 768. The maximum atomic E-state index is 13.4. The van der Waals surface area contributed by atoms with Crippen molar-refractivity contribution in [1.82, 2.24) is 19.9 Å². The molecule has 0 saturated heterocycles. The standard InChI is InChI=1S/C13H8ClFN4O/c14-13-12-9(3-5-17-13)19-11(6-18-12)20-7-10-8(15)2-1-4-16-10/h1-6H,7H2. The van der Waals surface area contributed by atoms with Gasteiger partial charge in [0.05, 0.1) is 11.7 Å². The van der Waals surface area contributed by atoms with Crippen LogP contribution in [0.3, 0.4) is 0 Å². The number of fused-ring (bicyclic) bond motifs is 1. The largest absolute Gasteiger partial charge is 0.470 e. The van der Waals surface area contributed by atoms with E-state index in [1.165, 1.54) is 30.7 Å². The highest BCUT2D eigenvalue weighted by Crippen LogP contribution is 2.19. The molecule has 7 heteroatoms. The zero-order chi connectivity index (χ0) is 13.9. The second-order valence-electron chi connectivity index (χ2n) is 3.90. The topological polar surface area (TPSA) is 60.8 Å². The molecule has 0 amide bonds. The predicted molar refractivity (Wildman–Crippen MR) is 70.9 cm³/mol. The molecule has 3 aromatic rings. The highest BCUT2D eigenvalue weighted by atomic mass is 35.5. The third kappa shape index (κ3) is 2.50. The van der Waals surface area contributed by atoms with E-state index >= 15 is 0 Å². The van der Waals surface area contributed by atoms with Gasteiger partial charge in [-0.25, -0.2) is 19.3 Å². The van der Waals surface area contributed by atoms with Crippen molar-refractivity contribution in [2.45, 2.75) is 6.61 Å². The normalized spacial score (nSPS) is 10.7. The minimum absolute atomic E-state index is 0.0221. The van der Waals surface area contributed by atoms with Crippen LogP contribution in [0.25, 0.3) is 11.0 Å². The van der Waals surface area contributed by atoms with Gasteiger partial charge in [0.25, 0.3) is 0 Å². The van der Waals surface area contributed by atoms with E-state index < -0.39 is 5.82 Å². The van der Waals surface area contributed by atoms with Crippen molar-refractivity contribution in [1.29, 1.82) is 0 Å². The van der Waals surface area contributed by atoms with E-state index in [9.17, 15) is 4.39 Å². The lowest BCUT2D eigenvalue weighted by atomic mass is 10.3. The molecule has 20 heavy (non-hydrogen) atoms. The Balaban J connectivity index is 1.83. The molecular formula is C13H8ClFN4O. The van der Waals surface area contributed by atoms with Gasteiger partial charge >= 0.3 is 0 Å². The van der Waals surface area contributed by atoms with Crippen LogP contribution in [0.2, 0.25) is 5.15 Å². The van der Waals surface area contributed by atoms with Gasteiger partial charge in [-0.2, -0.15) is 0 Å². The molecule has 0 fully saturated rings. The van der Waals surface area contributed by atoms with E-state index in [1.807, 2.05) is 0 Å². The number of rotatable bonds is 3. The summed E-state index contributed by atoms with van der Waals surface area (Å²) in [5, 5.41) is 0.275. The van der Waals surface area contributed by atoms with Crippen LogP contribution in [0.4, 0.5) is 4.39 Å². The lowest BCUT2D eigenvalue weighted by Gasteiger charge is -2.06. The highest BCUT2D eigenvalue weighted by Gasteiger charge is 2.07. The molecule has 0 spiro atoms. The number of hydrogen-bond donors (Lipinski definition) is 0. The van der Waals surface area contributed by atoms with Gasteiger partial charge in [-0.1, -0.05) is 11.6 Å². The molecule has 5 nitrogen and oxygen atoms in total. The summed E-state index contributed by atoms with van der Waals surface area (Å²) in [6.07, 6.45) is 4.44. The molecule has 0 aromatic carbocycles. The second kappa shape index (κ2) is 5.34. The summed E-state index contributed by atoms with van der Waals surface area (Å²) in [5.74, 6) is -0.154. The van der Waals surface area contributed by atoms with E-state index in [-0.39, 0.29) is 23.3 Å². The maximum Gasteiger partial charge on any atom is 0.233 e. The van der Waals surface area contributed by atoms with Crippen LogP contribution in [0.1, 0.15) is 5.69 Å². The lowest BCUT2D eigenvalue weighted by Crippen LogP contribution is -2.02. The fourth-order valence-electron chi connectivity index (χ4n) is 1.63. The first kappa shape index (κ1) is 12.7. The van der Waals surface area contributed by atoms with Gasteiger partial charge in [0.15, 0.2) is 5.15 Å². The van der Waals surface area contributed by atoms with Crippen molar-refractivity contribution in [3.05, 3.63) is 53.5 Å². The molecule has 3 aromatic heterocycles. The molecular weight excluding hydrogens is 283 g/mol. The fraction of sp³-hybridized carbons (Fsp3) is 0.0769. The van der Waals surface area contributed by atoms with Crippen molar-refractivity contribution in [3.8, 4) is 5.88 Å². The van der Waals surface area contributed by atoms with Gasteiger partial charge in [-0.3, -0.25) is 4.98 Å². The van der Waals surface area contributed by atoms with Gasteiger partial charge in [-0.15, -0.1) is 0 Å². The number of nitrogens with zero attached hydrogens (tertiary/aromatic N) is 4. The van der Waals surface area contributed by atoms with Gasteiger partial charge in [0.1, 0.15) is 23.6 Å². The Hall–Kier alpha value is -2.34. The average molecular weight is 291 g/mol. The summed E-state index contributed by atoms with van der Waals surface area (Å²) in [6, 6.07) is 4.51. The van der Waals surface area contributed by atoms with Crippen LogP contribution < -0.4 is 4.74 Å². The summed E-state index contributed by atoms with van der Waals surface area (Å²) in [4.78, 5) is 16.1. The highest BCUT2D eigenvalue weighted by molar-refractivity contribution is 6.33. The molecule has 0 aliphatic heterocycles. The van der Waals surface area contributed by atoms with Crippen LogP contribution in [-0.2, 0) is 6.61 Å². The van der Waals surface area contributed by atoms with Crippen molar-refractivity contribution < 1.29 is 9.13 Å². The van der Waals surface area contributed by atoms with Gasteiger partial charge in [0.2, 0.25) is 5.88 Å². The monoisotopic (exact) mass is 290 g/mol. The Labute approximate surface area is 118 Å². The Kier molecular flexibility index (Phi) is 3.39. The number of halogens is 2.